The second-order valence-electron chi connectivity index (χ2n) is 11.1. The van der Waals surface area contributed by atoms with Crippen molar-refractivity contribution in [3.05, 3.63) is 0 Å². The summed E-state index contributed by atoms with van der Waals surface area (Å²) in [6, 6.07) is 0. The first kappa shape index (κ1) is 19.2. The Hall–Kier alpha value is 0.270. The zero-order chi connectivity index (χ0) is 18.6. The van der Waals surface area contributed by atoms with Gasteiger partial charge in [-0.3, -0.25) is 0 Å². The Kier molecular flexibility index (Phi) is 5.35. The second-order valence-corrected chi connectivity index (χ2v) is 12.4. The molecule has 1 heterocycles. The minimum Gasteiger partial charge on any atom is -0.389 e. The summed E-state index contributed by atoms with van der Waals surface area (Å²) in [6.07, 6.45) is 17.8. The Bertz CT molecular complexity index is 524. The number of thioether (sulfide) groups is 1. The van der Waals surface area contributed by atoms with Crippen LogP contribution < -0.4 is 0 Å². The fourth-order valence-electron chi connectivity index (χ4n) is 7.21. The van der Waals surface area contributed by atoms with Crippen LogP contribution >= 0.6 is 11.8 Å². The van der Waals surface area contributed by atoms with Crippen molar-refractivity contribution in [2.45, 2.75) is 113 Å². The van der Waals surface area contributed by atoms with E-state index in [1.807, 2.05) is 18.7 Å². The van der Waals surface area contributed by atoms with Crippen LogP contribution in [-0.2, 0) is 0 Å². The van der Waals surface area contributed by atoms with E-state index in [1.165, 1.54) is 83.5 Å². The highest BCUT2D eigenvalue weighted by atomic mass is 32.2. The summed E-state index contributed by atoms with van der Waals surface area (Å²) >= 11 is 1.98. The van der Waals surface area contributed by atoms with E-state index in [2.05, 4.69) is 0 Å². The topological polar surface area (TPSA) is 40.5 Å². The molecule has 0 radical (unpaired) electrons. The Labute approximate surface area is 170 Å². The Morgan fingerprint density at radius 2 is 1.56 bits per heavy atom. The zero-order valence-corrected chi connectivity index (χ0v) is 18.0. The Morgan fingerprint density at radius 3 is 2.26 bits per heavy atom. The quantitative estimate of drug-likeness (QED) is 0.635. The molecule has 1 aliphatic heterocycles. The highest BCUT2D eigenvalue weighted by molar-refractivity contribution is 8.01. The summed E-state index contributed by atoms with van der Waals surface area (Å²) in [4.78, 5) is 0. The maximum absolute atomic E-state index is 11.2. The van der Waals surface area contributed by atoms with E-state index in [9.17, 15) is 10.2 Å². The third kappa shape index (κ3) is 3.63. The SMILES string of the molecule is CC1(O)C(O)C(C2CCCC2)SC1C1CC1C1CCC(CCC2CCC2)C1. The molecule has 0 aromatic carbocycles. The summed E-state index contributed by atoms with van der Waals surface area (Å²) in [5.41, 5.74) is -0.875. The molecule has 2 N–H and O–H groups in total. The van der Waals surface area contributed by atoms with Crippen molar-refractivity contribution in [2.24, 2.45) is 35.5 Å². The van der Waals surface area contributed by atoms with Gasteiger partial charge in [-0.1, -0.05) is 51.4 Å². The molecule has 5 fully saturated rings. The van der Waals surface area contributed by atoms with E-state index in [4.69, 9.17) is 0 Å². The van der Waals surface area contributed by atoms with Crippen molar-refractivity contribution in [1.82, 2.24) is 0 Å². The number of hydrogen-bond donors (Lipinski definition) is 2. The van der Waals surface area contributed by atoms with Crippen LogP contribution in [0.2, 0.25) is 0 Å². The lowest BCUT2D eigenvalue weighted by Crippen LogP contribution is -2.47. The first-order valence-corrected chi connectivity index (χ1v) is 13.0. The van der Waals surface area contributed by atoms with Gasteiger partial charge in [-0.05, 0) is 74.5 Å². The van der Waals surface area contributed by atoms with E-state index in [1.54, 1.807) is 0 Å². The lowest BCUT2D eigenvalue weighted by molar-refractivity contribution is -0.0612. The van der Waals surface area contributed by atoms with Crippen LogP contribution in [0.15, 0.2) is 0 Å². The van der Waals surface area contributed by atoms with Gasteiger partial charge in [0.2, 0.25) is 0 Å². The molecule has 154 valence electrons. The van der Waals surface area contributed by atoms with Gasteiger partial charge in [0.25, 0.3) is 0 Å². The molecule has 27 heavy (non-hydrogen) atoms. The van der Waals surface area contributed by atoms with Crippen molar-refractivity contribution >= 4 is 11.8 Å². The van der Waals surface area contributed by atoms with Crippen LogP contribution in [0.5, 0.6) is 0 Å². The molecule has 8 unspecified atom stereocenters. The van der Waals surface area contributed by atoms with Gasteiger partial charge < -0.3 is 10.2 Å². The molecule has 4 saturated carbocycles. The van der Waals surface area contributed by atoms with Crippen LogP contribution in [0.3, 0.4) is 0 Å². The summed E-state index contributed by atoms with van der Waals surface area (Å²) in [7, 11) is 0. The van der Waals surface area contributed by atoms with E-state index < -0.39 is 11.7 Å². The van der Waals surface area contributed by atoms with Gasteiger partial charge in [-0.2, -0.15) is 0 Å². The van der Waals surface area contributed by atoms with Crippen molar-refractivity contribution < 1.29 is 10.2 Å². The van der Waals surface area contributed by atoms with Crippen LogP contribution in [0.25, 0.3) is 0 Å². The molecule has 5 rings (SSSR count). The highest BCUT2D eigenvalue weighted by Gasteiger charge is 2.61. The minimum absolute atomic E-state index is 0.275. The molecule has 0 aromatic heterocycles. The lowest BCUT2D eigenvalue weighted by Gasteiger charge is -2.29. The summed E-state index contributed by atoms with van der Waals surface area (Å²) < 4.78 is 0. The van der Waals surface area contributed by atoms with Crippen LogP contribution in [-0.4, -0.2) is 32.4 Å². The van der Waals surface area contributed by atoms with Crippen LogP contribution in [0.4, 0.5) is 0 Å². The summed E-state index contributed by atoms with van der Waals surface area (Å²) in [6.45, 7) is 1.94. The van der Waals surface area contributed by atoms with Crippen molar-refractivity contribution in [3.8, 4) is 0 Å². The number of aliphatic hydroxyl groups is 2. The van der Waals surface area contributed by atoms with Gasteiger partial charge in [0.1, 0.15) is 5.60 Å². The molecule has 0 spiro atoms. The van der Waals surface area contributed by atoms with E-state index in [-0.39, 0.29) is 10.5 Å². The Balaban J connectivity index is 1.15. The molecule has 0 amide bonds. The van der Waals surface area contributed by atoms with Crippen molar-refractivity contribution in [3.63, 3.8) is 0 Å². The molecular formula is C24H40O2S. The summed E-state index contributed by atoms with van der Waals surface area (Å²) in [5, 5.41) is 22.6. The number of rotatable bonds is 6. The van der Waals surface area contributed by atoms with Crippen molar-refractivity contribution in [2.75, 3.05) is 0 Å². The number of aliphatic hydroxyl groups excluding tert-OH is 1. The fourth-order valence-corrected chi connectivity index (χ4v) is 9.40. The average Bonchev–Trinajstić information content (AvgIpc) is 2.98. The first-order valence-electron chi connectivity index (χ1n) is 12.1. The first-order chi connectivity index (χ1) is 13.0. The Morgan fingerprint density at radius 1 is 0.815 bits per heavy atom. The van der Waals surface area contributed by atoms with E-state index in [0.29, 0.717) is 11.8 Å². The number of hydrogen-bond acceptors (Lipinski definition) is 3. The smallest absolute Gasteiger partial charge is 0.101 e. The second kappa shape index (κ2) is 7.51. The van der Waals surface area contributed by atoms with Gasteiger partial charge in [0.05, 0.1) is 6.10 Å². The molecular weight excluding hydrogens is 352 g/mol. The van der Waals surface area contributed by atoms with E-state index >= 15 is 0 Å². The minimum atomic E-state index is -0.875. The molecule has 3 heteroatoms. The predicted octanol–water partition coefficient (Wildman–Crippen LogP) is 5.41. The highest BCUT2D eigenvalue weighted by Crippen LogP contribution is 2.62. The van der Waals surface area contributed by atoms with Crippen molar-refractivity contribution in [1.29, 1.82) is 0 Å². The molecule has 4 aliphatic carbocycles. The summed E-state index contributed by atoms with van der Waals surface area (Å²) in [5.74, 6) is 5.13. The largest absolute Gasteiger partial charge is 0.389 e. The van der Waals surface area contributed by atoms with Gasteiger partial charge in [0, 0.05) is 10.5 Å². The third-order valence-corrected chi connectivity index (χ3v) is 11.4. The maximum atomic E-state index is 11.2. The molecule has 8 atom stereocenters. The normalized spacial score (nSPS) is 51.0. The molecule has 2 nitrogen and oxygen atoms in total. The molecule has 0 aromatic rings. The van der Waals surface area contributed by atoms with Gasteiger partial charge in [-0.25, -0.2) is 0 Å². The van der Waals surface area contributed by atoms with Gasteiger partial charge in [0.15, 0.2) is 0 Å². The third-order valence-electron chi connectivity index (χ3n) is 9.33. The van der Waals surface area contributed by atoms with Gasteiger partial charge in [-0.15, -0.1) is 11.8 Å². The molecule has 1 saturated heterocycles. The maximum Gasteiger partial charge on any atom is 0.101 e. The standard InChI is InChI=1S/C24H40O2S/c1-24(26)22(25)21(17-7-2-3-8-17)27-23(24)20-14-19(20)18-12-11-16(13-18)10-9-15-5-4-6-15/h15-23,25-26H,2-14H2,1H3. The van der Waals surface area contributed by atoms with E-state index in [0.717, 1.165) is 23.7 Å². The van der Waals surface area contributed by atoms with Gasteiger partial charge >= 0.3 is 0 Å². The zero-order valence-electron chi connectivity index (χ0n) is 17.2. The van der Waals surface area contributed by atoms with Crippen LogP contribution in [0.1, 0.15) is 90.4 Å². The molecule has 0 bridgehead atoms. The monoisotopic (exact) mass is 392 g/mol. The van der Waals surface area contributed by atoms with Crippen LogP contribution in [0, 0.1) is 35.5 Å². The molecule has 5 aliphatic rings. The predicted molar refractivity (Wildman–Crippen MR) is 113 cm³/mol. The lowest BCUT2D eigenvalue weighted by atomic mass is 9.80. The average molecular weight is 393 g/mol. The fraction of sp³-hybridized carbons (Fsp3) is 1.00.